The van der Waals surface area contributed by atoms with Gasteiger partial charge >= 0.3 is 0 Å². The lowest BCUT2D eigenvalue weighted by Gasteiger charge is -2.18. The first kappa shape index (κ1) is 10.0. The first-order valence-corrected chi connectivity index (χ1v) is 6.25. The van der Waals surface area contributed by atoms with Crippen molar-refractivity contribution in [3.8, 4) is 0 Å². The zero-order valence-corrected chi connectivity index (χ0v) is 9.89. The van der Waals surface area contributed by atoms with Crippen LogP contribution in [0.3, 0.4) is 0 Å². The van der Waals surface area contributed by atoms with E-state index < -0.39 is 0 Å². The van der Waals surface area contributed by atoms with Crippen molar-refractivity contribution >= 4 is 11.8 Å². The van der Waals surface area contributed by atoms with Gasteiger partial charge in [0.15, 0.2) is 0 Å². The summed E-state index contributed by atoms with van der Waals surface area (Å²) in [5.74, 6) is 4.54. The molecule has 14 heavy (non-hydrogen) atoms. The van der Waals surface area contributed by atoms with E-state index in [1.807, 2.05) is 11.8 Å². The molecule has 2 rings (SSSR count). The van der Waals surface area contributed by atoms with Gasteiger partial charge in [0.05, 0.1) is 5.75 Å². The van der Waals surface area contributed by atoms with Gasteiger partial charge in [0, 0.05) is 12.0 Å². The summed E-state index contributed by atoms with van der Waals surface area (Å²) in [6.07, 6.45) is 1.23. The maximum absolute atomic E-state index is 4.31. The molecule has 0 atom stereocenters. The van der Waals surface area contributed by atoms with Crippen LogP contribution in [0.2, 0.25) is 0 Å². The molecule has 4 heteroatoms. The highest BCUT2D eigenvalue weighted by molar-refractivity contribution is 7.98. The third-order valence-corrected chi connectivity index (χ3v) is 3.44. The third kappa shape index (κ3) is 1.80. The Morgan fingerprint density at radius 1 is 1.29 bits per heavy atom. The largest absolute Gasteiger partial charge is 0.314 e. The second kappa shape index (κ2) is 3.57. The van der Waals surface area contributed by atoms with Gasteiger partial charge in [-0.25, -0.2) is 0 Å². The van der Waals surface area contributed by atoms with E-state index >= 15 is 0 Å². The van der Waals surface area contributed by atoms with E-state index in [0.29, 0.717) is 0 Å². The molecule has 0 unspecified atom stereocenters. The molecule has 0 N–H and O–H groups in total. The monoisotopic (exact) mass is 211 g/mol. The first-order chi connectivity index (χ1) is 6.59. The van der Waals surface area contributed by atoms with Crippen LogP contribution in [0.25, 0.3) is 0 Å². The Kier molecular flexibility index (Phi) is 2.56. The van der Waals surface area contributed by atoms with E-state index in [2.05, 4.69) is 35.5 Å². The van der Waals surface area contributed by atoms with Crippen LogP contribution < -0.4 is 0 Å². The molecule has 0 amide bonds. The fourth-order valence-corrected chi connectivity index (χ4v) is 2.59. The molecule has 2 heterocycles. The van der Waals surface area contributed by atoms with Crippen LogP contribution in [0.1, 0.15) is 38.8 Å². The molecular formula is C10H17N3S. The van der Waals surface area contributed by atoms with Crippen molar-refractivity contribution in [1.82, 2.24) is 14.8 Å². The summed E-state index contributed by atoms with van der Waals surface area (Å²) in [5, 5.41) is 8.59. The van der Waals surface area contributed by atoms with Gasteiger partial charge in [0.2, 0.25) is 0 Å². The minimum Gasteiger partial charge on any atom is -0.314 e. The molecule has 0 saturated carbocycles. The fourth-order valence-electron chi connectivity index (χ4n) is 1.72. The van der Waals surface area contributed by atoms with Gasteiger partial charge in [-0.1, -0.05) is 20.8 Å². The number of thioether (sulfide) groups is 1. The zero-order chi connectivity index (χ0) is 10.2. The van der Waals surface area contributed by atoms with E-state index in [0.717, 1.165) is 23.9 Å². The molecule has 1 aromatic rings. The Morgan fingerprint density at radius 3 is 2.79 bits per heavy atom. The number of aromatic nitrogens is 3. The van der Waals surface area contributed by atoms with Crippen LogP contribution in [0.15, 0.2) is 0 Å². The van der Waals surface area contributed by atoms with E-state index in [4.69, 9.17) is 0 Å². The van der Waals surface area contributed by atoms with Gasteiger partial charge in [-0.3, -0.25) is 0 Å². The van der Waals surface area contributed by atoms with Crippen LogP contribution >= 0.6 is 11.8 Å². The predicted octanol–water partition coefficient (Wildman–Crippen LogP) is 2.21. The van der Waals surface area contributed by atoms with Crippen LogP contribution in [-0.4, -0.2) is 20.5 Å². The van der Waals surface area contributed by atoms with Crippen molar-refractivity contribution < 1.29 is 0 Å². The van der Waals surface area contributed by atoms with E-state index in [9.17, 15) is 0 Å². The average Bonchev–Trinajstić information content (AvgIpc) is 2.36. The van der Waals surface area contributed by atoms with Gasteiger partial charge in [0.1, 0.15) is 11.6 Å². The molecule has 1 aromatic heterocycles. The second-order valence-corrected chi connectivity index (χ2v) is 5.85. The molecule has 0 fully saturated rings. The van der Waals surface area contributed by atoms with E-state index in [1.54, 1.807) is 0 Å². The SMILES string of the molecule is CC(C)(C)c1nnc2n1CCCSC2. The summed E-state index contributed by atoms with van der Waals surface area (Å²) < 4.78 is 2.31. The normalized spacial score (nSPS) is 17.6. The smallest absolute Gasteiger partial charge is 0.143 e. The topological polar surface area (TPSA) is 30.7 Å². The van der Waals surface area contributed by atoms with Crippen LogP contribution in [0.5, 0.6) is 0 Å². The zero-order valence-electron chi connectivity index (χ0n) is 9.08. The lowest BCUT2D eigenvalue weighted by molar-refractivity contribution is 0.492. The minimum absolute atomic E-state index is 0.111. The number of hydrogen-bond acceptors (Lipinski definition) is 3. The molecule has 0 spiro atoms. The van der Waals surface area contributed by atoms with Crippen molar-refractivity contribution in [2.45, 2.75) is 44.9 Å². The molecule has 0 bridgehead atoms. The van der Waals surface area contributed by atoms with Gasteiger partial charge < -0.3 is 4.57 Å². The summed E-state index contributed by atoms with van der Waals surface area (Å²) in [6.45, 7) is 7.68. The molecule has 0 radical (unpaired) electrons. The van der Waals surface area contributed by atoms with Crippen molar-refractivity contribution in [3.63, 3.8) is 0 Å². The summed E-state index contributed by atoms with van der Waals surface area (Å²) in [7, 11) is 0. The third-order valence-electron chi connectivity index (χ3n) is 2.40. The molecule has 0 saturated heterocycles. The maximum atomic E-state index is 4.31. The number of fused-ring (bicyclic) bond motifs is 1. The van der Waals surface area contributed by atoms with Crippen LogP contribution in [0.4, 0.5) is 0 Å². The van der Waals surface area contributed by atoms with Gasteiger partial charge in [-0.05, 0) is 12.2 Å². The van der Waals surface area contributed by atoms with Crippen molar-refractivity contribution in [2.24, 2.45) is 0 Å². The Morgan fingerprint density at radius 2 is 2.07 bits per heavy atom. The van der Waals surface area contributed by atoms with Gasteiger partial charge in [0.25, 0.3) is 0 Å². The number of nitrogens with zero attached hydrogens (tertiary/aromatic N) is 3. The van der Waals surface area contributed by atoms with Crippen molar-refractivity contribution in [1.29, 1.82) is 0 Å². The molecule has 0 aromatic carbocycles. The minimum atomic E-state index is 0.111. The highest BCUT2D eigenvalue weighted by atomic mass is 32.2. The predicted molar refractivity (Wildman–Crippen MR) is 59.5 cm³/mol. The lowest BCUT2D eigenvalue weighted by Crippen LogP contribution is -2.19. The summed E-state index contributed by atoms with van der Waals surface area (Å²) >= 11 is 1.96. The highest BCUT2D eigenvalue weighted by Gasteiger charge is 2.24. The highest BCUT2D eigenvalue weighted by Crippen LogP contribution is 2.25. The molecule has 3 nitrogen and oxygen atoms in total. The van der Waals surface area contributed by atoms with E-state index in [1.165, 1.54) is 12.2 Å². The van der Waals surface area contributed by atoms with Crippen LogP contribution in [-0.2, 0) is 17.7 Å². The number of hydrogen-bond donors (Lipinski definition) is 0. The second-order valence-electron chi connectivity index (χ2n) is 4.75. The Hall–Kier alpha value is -0.510. The number of rotatable bonds is 0. The van der Waals surface area contributed by atoms with Crippen LogP contribution in [0, 0.1) is 0 Å². The molecular weight excluding hydrogens is 194 g/mol. The van der Waals surface area contributed by atoms with Crippen molar-refractivity contribution in [3.05, 3.63) is 11.6 Å². The quantitative estimate of drug-likeness (QED) is 0.659. The Balaban J connectivity index is 2.39. The van der Waals surface area contributed by atoms with Crippen molar-refractivity contribution in [2.75, 3.05) is 5.75 Å². The average molecular weight is 211 g/mol. The Labute approximate surface area is 89.3 Å². The fraction of sp³-hybridized carbons (Fsp3) is 0.800. The summed E-state index contributed by atoms with van der Waals surface area (Å²) in [5.41, 5.74) is 0.111. The molecule has 1 aliphatic heterocycles. The maximum Gasteiger partial charge on any atom is 0.143 e. The van der Waals surface area contributed by atoms with Gasteiger partial charge in [-0.2, -0.15) is 11.8 Å². The van der Waals surface area contributed by atoms with E-state index in [-0.39, 0.29) is 5.41 Å². The summed E-state index contributed by atoms with van der Waals surface area (Å²) in [6, 6.07) is 0. The molecule has 0 aliphatic carbocycles. The standard InChI is InChI=1S/C10H17N3S/c1-10(2,3)9-12-11-8-7-14-6-4-5-13(8)9/h4-7H2,1-3H3. The lowest BCUT2D eigenvalue weighted by atomic mass is 9.95. The Bertz CT molecular complexity index is 325. The molecule has 78 valence electrons. The first-order valence-electron chi connectivity index (χ1n) is 5.09. The van der Waals surface area contributed by atoms with Gasteiger partial charge in [-0.15, -0.1) is 10.2 Å². The summed E-state index contributed by atoms with van der Waals surface area (Å²) in [4.78, 5) is 0. The molecule has 1 aliphatic rings.